The number of rotatable bonds is 10. The fraction of sp³-hybridized carbons (Fsp3) is 0.409. The van der Waals surface area contributed by atoms with Gasteiger partial charge in [0.1, 0.15) is 11.6 Å². The molecule has 2 aromatic rings. The van der Waals surface area contributed by atoms with Crippen LogP contribution in [0.3, 0.4) is 0 Å². The van der Waals surface area contributed by atoms with Crippen LogP contribution in [0.2, 0.25) is 0 Å². The maximum absolute atomic E-state index is 13.8. The molecule has 0 aliphatic carbocycles. The Bertz CT molecular complexity index is 707. The van der Waals surface area contributed by atoms with Crippen LogP contribution in [0.5, 0.6) is 0 Å². The van der Waals surface area contributed by atoms with Gasteiger partial charge >= 0.3 is 6.03 Å². The molecule has 3 nitrogen and oxygen atoms in total. The summed E-state index contributed by atoms with van der Waals surface area (Å²) in [6.07, 6.45) is 6.22. The van der Waals surface area contributed by atoms with Crippen molar-refractivity contribution in [2.45, 2.75) is 45.4 Å². The van der Waals surface area contributed by atoms with Crippen molar-refractivity contribution in [1.29, 1.82) is 0 Å². The van der Waals surface area contributed by atoms with E-state index in [1.165, 1.54) is 18.9 Å². The highest BCUT2D eigenvalue weighted by molar-refractivity contribution is 5.89. The average molecular weight is 374 g/mol. The third-order valence-electron chi connectivity index (χ3n) is 4.50. The molecule has 27 heavy (non-hydrogen) atoms. The topological polar surface area (TPSA) is 32.3 Å². The SMILES string of the molecule is CCCCCCCN(CCc1ccccc1)C(=O)Nc1ccc(F)cc1F. The zero-order valence-corrected chi connectivity index (χ0v) is 15.9. The summed E-state index contributed by atoms with van der Waals surface area (Å²) in [5.41, 5.74) is 1.14. The van der Waals surface area contributed by atoms with Crippen LogP contribution in [0.15, 0.2) is 48.5 Å². The average Bonchev–Trinajstić information content (AvgIpc) is 2.67. The second-order valence-corrected chi connectivity index (χ2v) is 6.69. The van der Waals surface area contributed by atoms with Crippen LogP contribution in [0.1, 0.15) is 44.6 Å². The van der Waals surface area contributed by atoms with E-state index >= 15 is 0 Å². The zero-order valence-electron chi connectivity index (χ0n) is 15.9. The maximum Gasteiger partial charge on any atom is 0.321 e. The summed E-state index contributed by atoms with van der Waals surface area (Å²) in [6.45, 7) is 3.33. The molecule has 146 valence electrons. The van der Waals surface area contributed by atoms with Gasteiger partial charge in [0.2, 0.25) is 0 Å². The molecule has 0 aromatic heterocycles. The fourth-order valence-electron chi connectivity index (χ4n) is 2.91. The van der Waals surface area contributed by atoms with E-state index in [1.807, 2.05) is 30.3 Å². The molecule has 0 saturated heterocycles. The third kappa shape index (κ3) is 7.37. The molecule has 0 fully saturated rings. The predicted molar refractivity (Wildman–Crippen MR) is 106 cm³/mol. The van der Waals surface area contributed by atoms with Gasteiger partial charge in [-0.3, -0.25) is 0 Å². The summed E-state index contributed by atoms with van der Waals surface area (Å²) in [5.74, 6) is -1.43. The van der Waals surface area contributed by atoms with Gasteiger partial charge in [-0.15, -0.1) is 0 Å². The van der Waals surface area contributed by atoms with Crippen molar-refractivity contribution in [3.63, 3.8) is 0 Å². The largest absolute Gasteiger partial charge is 0.324 e. The Kier molecular flexibility index (Phi) is 8.75. The molecular weight excluding hydrogens is 346 g/mol. The van der Waals surface area contributed by atoms with E-state index in [-0.39, 0.29) is 11.7 Å². The molecule has 5 heteroatoms. The normalized spacial score (nSPS) is 10.6. The Balaban J connectivity index is 1.96. The molecule has 0 aliphatic rings. The molecule has 0 bridgehead atoms. The van der Waals surface area contributed by atoms with Gasteiger partial charge in [-0.25, -0.2) is 13.6 Å². The van der Waals surface area contributed by atoms with Gasteiger partial charge in [-0.1, -0.05) is 62.9 Å². The smallest absolute Gasteiger partial charge is 0.321 e. The van der Waals surface area contributed by atoms with Crippen LogP contribution >= 0.6 is 0 Å². The van der Waals surface area contributed by atoms with Crippen LogP contribution in [-0.4, -0.2) is 24.0 Å². The van der Waals surface area contributed by atoms with Gasteiger partial charge < -0.3 is 10.2 Å². The van der Waals surface area contributed by atoms with Gasteiger partial charge in [0, 0.05) is 19.2 Å². The number of nitrogens with zero attached hydrogens (tertiary/aromatic N) is 1. The highest BCUT2D eigenvalue weighted by Gasteiger charge is 2.15. The van der Waals surface area contributed by atoms with Gasteiger partial charge in [-0.2, -0.15) is 0 Å². The van der Waals surface area contributed by atoms with Crippen LogP contribution in [-0.2, 0) is 6.42 Å². The van der Waals surface area contributed by atoms with E-state index in [9.17, 15) is 13.6 Å². The lowest BCUT2D eigenvalue weighted by molar-refractivity contribution is 0.211. The maximum atomic E-state index is 13.8. The van der Waals surface area contributed by atoms with Gasteiger partial charge in [-0.05, 0) is 30.5 Å². The Hall–Kier alpha value is -2.43. The summed E-state index contributed by atoms with van der Waals surface area (Å²) in [4.78, 5) is 14.4. The molecular formula is C22H28F2N2O. The van der Waals surface area contributed by atoms with Crippen molar-refractivity contribution in [3.05, 3.63) is 65.7 Å². The molecule has 2 rings (SSSR count). The van der Waals surface area contributed by atoms with E-state index in [4.69, 9.17) is 0 Å². The van der Waals surface area contributed by atoms with Crippen molar-refractivity contribution in [2.24, 2.45) is 0 Å². The molecule has 0 spiro atoms. The monoisotopic (exact) mass is 374 g/mol. The van der Waals surface area contributed by atoms with Crippen molar-refractivity contribution < 1.29 is 13.6 Å². The first-order chi connectivity index (χ1) is 13.1. The standard InChI is InChI=1S/C22H28F2N2O/c1-2-3-4-5-9-15-26(16-14-18-10-7-6-8-11-18)22(27)25-21-13-12-19(23)17-20(21)24/h6-8,10-13,17H,2-5,9,14-16H2,1H3,(H,25,27). The summed E-state index contributed by atoms with van der Waals surface area (Å²) in [6, 6.07) is 12.8. The Morgan fingerprint density at radius 2 is 1.70 bits per heavy atom. The molecule has 0 atom stereocenters. The number of urea groups is 1. The lowest BCUT2D eigenvalue weighted by Crippen LogP contribution is -2.37. The Morgan fingerprint density at radius 3 is 2.41 bits per heavy atom. The van der Waals surface area contributed by atoms with Crippen molar-refractivity contribution in [2.75, 3.05) is 18.4 Å². The van der Waals surface area contributed by atoms with E-state index in [0.717, 1.165) is 43.4 Å². The Labute approximate surface area is 160 Å². The first-order valence-corrected chi connectivity index (χ1v) is 9.65. The van der Waals surface area contributed by atoms with E-state index in [1.54, 1.807) is 4.90 Å². The van der Waals surface area contributed by atoms with Crippen molar-refractivity contribution >= 4 is 11.7 Å². The number of nitrogens with one attached hydrogen (secondary N) is 1. The summed E-state index contributed by atoms with van der Waals surface area (Å²) < 4.78 is 26.9. The van der Waals surface area contributed by atoms with Crippen molar-refractivity contribution in [1.82, 2.24) is 4.90 Å². The lowest BCUT2D eigenvalue weighted by atomic mass is 10.1. The number of unbranched alkanes of at least 4 members (excludes halogenated alkanes) is 4. The highest BCUT2D eigenvalue weighted by atomic mass is 19.1. The van der Waals surface area contributed by atoms with Crippen LogP contribution in [0.4, 0.5) is 19.3 Å². The number of amides is 2. The number of hydrogen-bond acceptors (Lipinski definition) is 1. The van der Waals surface area contributed by atoms with Gasteiger partial charge in [0.25, 0.3) is 0 Å². The molecule has 0 aliphatic heterocycles. The minimum absolute atomic E-state index is 0.00269. The second-order valence-electron chi connectivity index (χ2n) is 6.69. The summed E-state index contributed by atoms with van der Waals surface area (Å²) in [5, 5.41) is 2.57. The number of benzene rings is 2. The molecule has 1 N–H and O–H groups in total. The van der Waals surface area contributed by atoms with Crippen molar-refractivity contribution in [3.8, 4) is 0 Å². The van der Waals surface area contributed by atoms with Gasteiger partial charge in [0.05, 0.1) is 5.69 Å². The van der Waals surface area contributed by atoms with Gasteiger partial charge in [0.15, 0.2) is 0 Å². The summed E-state index contributed by atoms with van der Waals surface area (Å²) in [7, 11) is 0. The number of halogens is 2. The first-order valence-electron chi connectivity index (χ1n) is 9.65. The highest BCUT2D eigenvalue weighted by Crippen LogP contribution is 2.16. The number of carbonyl (C=O) groups excluding carboxylic acids is 1. The molecule has 2 aromatic carbocycles. The number of anilines is 1. The molecule has 0 radical (unpaired) electrons. The van der Waals surface area contributed by atoms with E-state index in [2.05, 4.69) is 12.2 Å². The van der Waals surface area contributed by atoms with Crippen LogP contribution < -0.4 is 5.32 Å². The van der Waals surface area contributed by atoms with Crippen LogP contribution in [0, 0.1) is 11.6 Å². The van der Waals surface area contributed by atoms with E-state index in [0.29, 0.717) is 13.1 Å². The van der Waals surface area contributed by atoms with Crippen LogP contribution in [0.25, 0.3) is 0 Å². The zero-order chi connectivity index (χ0) is 19.5. The van der Waals surface area contributed by atoms with E-state index < -0.39 is 11.6 Å². The quantitative estimate of drug-likeness (QED) is 0.507. The summed E-state index contributed by atoms with van der Waals surface area (Å²) >= 11 is 0. The predicted octanol–water partition coefficient (Wildman–Crippen LogP) is 6.01. The Morgan fingerprint density at radius 1 is 0.963 bits per heavy atom. The fourth-order valence-corrected chi connectivity index (χ4v) is 2.91. The minimum Gasteiger partial charge on any atom is -0.324 e. The third-order valence-corrected chi connectivity index (χ3v) is 4.50. The molecule has 0 heterocycles. The molecule has 0 unspecified atom stereocenters. The second kappa shape index (κ2) is 11.3. The number of hydrogen-bond donors (Lipinski definition) is 1. The minimum atomic E-state index is -0.769. The molecule has 0 saturated carbocycles. The number of carbonyl (C=O) groups is 1. The molecule has 2 amide bonds. The lowest BCUT2D eigenvalue weighted by Gasteiger charge is -2.23. The first kappa shape index (κ1) is 20.9.